The maximum atomic E-state index is 11.5. The highest BCUT2D eigenvalue weighted by Gasteiger charge is 2.12. The number of carbonyl (C=O) groups excluding carboxylic acids is 1. The zero-order valence-electron chi connectivity index (χ0n) is 8.33. The monoisotopic (exact) mass is 194 g/mol. The first-order valence-corrected chi connectivity index (χ1v) is 4.44. The number of nitrogens with one attached hydrogen (secondary N) is 1. The average molecular weight is 194 g/mol. The lowest BCUT2D eigenvalue weighted by Gasteiger charge is -2.10. The van der Waals surface area contributed by atoms with Gasteiger partial charge in [-0.2, -0.15) is 0 Å². The third-order valence-corrected chi connectivity index (χ3v) is 1.84. The fraction of sp³-hybridized carbons (Fsp3) is 0.300. The molecule has 4 heteroatoms. The summed E-state index contributed by atoms with van der Waals surface area (Å²) in [5.41, 5.74) is 7.32. The molecule has 76 valence electrons. The van der Waals surface area contributed by atoms with E-state index in [-0.39, 0.29) is 5.97 Å². The van der Waals surface area contributed by atoms with Gasteiger partial charge < -0.3 is 15.8 Å². The second-order valence-corrected chi connectivity index (χ2v) is 2.74. The van der Waals surface area contributed by atoms with Crippen LogP contribution in [0.5, 0.6) is 0 Å². The maximum absolute atomic E-state index is 11.5. The van der Waals surface area contributed by atoms with Crippen molar-refractivity contribution in [1.29, 1.82) is 0 Å². The molecular weight excluding hydrogens is 180 g/mol. The standard InChI is InChI=1S/C10H14N2O2/c1-3-14-10(13)7-5-4-6-8(11)9(7)12-2/h4-6,12H,3,11H2,1-2H3. The van der Waals surface area contributed by atoms with Crippen LogP contribution < -0.4 is 11.1 Å². The molecule has 0 radical (unpaired) electrons. The first-order valence-electron chi connectivity index (χ1n) is 4.44. The van der Waals surface area contributed by atoms with Crippen LogP contribution in [0.1, 0.15) is 17.3 Å². The fourth-order valence-corrected chi connectivity index (χ4v) is 1.23. The molecule has 0 aliphatic carbocycles. The van der Waals surface area contributed by atoms with Crippen LogP contribution in [-0.2, 0) is 4.74 Å². The molecule has 0 amide bonds. The van der Waals surface area contributed by atoms with Gasteiger partial charge in [-0.1, -0.05) is 6.07 Å². The normalized spacial score (nSPS) is 9.57. The predicted molar refractivity (Wildman–Crippen MR) is 56.4 cm³/mol. The molecule has 0 heterocycles. The Morgan fingerprint density at radius 3 is 2.86 bits per heavy atom. The Morgan fingerprint density at radius 2 is 2.29 bits per heavy atom. The first kappa shape index (κ1) is 10.4. The molecule has 0 spiro atoms. The number of carbonyl (C=O) groups is 1. The molecule has 0 aliphatic rings. The summed E-state index contributed by atoms with van der Waals surface area (Å²) in [5, 5.41) is 2.88. The lowest BCUT2D eigenvalue weighted by molar-refractivity contribution is 0.0527. The van der Waals surface area contributed by atoms with E-state index in [1.807, 2.05) is 0 Å². The Morgan fingerprint density at radius 1 is 1.57 bits per heavy atom. The number of ether oxygens (including phenoxy) is 1. The summed E-state index contributed by atoms with van der Waals surface area (Å²) in [6.45, 7) is 2.13. The molecule has 4 nitrogen and oxygen atoms in total. The van der Waals surface area contributed by atoms with Crippen LogP contribution in [0.25, 0.3) is 0 Å². The molecule has 0 unspecified atom stereocenters. The number of anilines is 2. The maximum Gasteiger partial charge on any atom is 0.340 e. The van der Waals surface area contributed by atoms with Gasteiger partial charge in [-0.15, -0.1) is 0 Å². The number of nitrogens with two attached hydrogens (primary N) is 1. The van der Waals surface area contributed by atoms with Gasteiger partial charge in [0.1, 0.15) is 0 Å². The van der Waals surface area contributed by atoms with E-state index in [0.29, 0.717) is 23.5 Å². The van der Waals surface area contributed by atoms with Crippen LogP contribution >= 0.6 is 0 Å². The van der Waals surface area contributed by atoms with Gasteiger partial charge in [-0.3, -0.25) is 0 Å². The van der Waals surface area contributed by atoms with Gasteiger partial charge >= 0.3 is 5.97 Å². The van der Waals surface area contributed by atoms with Gasteiger partial charge in [0.25, 0.3) is 0 Å². The van der Waals surface area contributed by atoms with E-state index in [1.54, 1.807) is 32.2 Å². The van der Waals surface area contributed by atoms with Crippen molar-refractivity contribution in [2.24, 2.45) is 0 Å². The van der Waals surface area contributed by atoms with Crippen molar-refractivity contribution in [2.45, 2.75) is 6.92 Å². The van der Waals surface area contributed by atoms with E-state index in [2.05, 4.69) is 5.32 Å². The summed E-state index contributed by atoms with van der Waals surface area (Å²) in [4.78, 5) is 11.5. The second kappa shape index (κ2) is 4.50. The first-order chi connectivity index (χ1) is 6.70. The summed E-state index contributed by atoms with van der Waals surface area (Å²) in [6.07, 6.45) is 0. The molecule has 1 aromatic carbocycles. The minimum Gasteiger partial charge on any atom is -0.462 e. The molecule has 0 aromatic heterocycles. The lowest BCUT2D eigenvalue weighted by atomic mass is 10.1. The van der Waals surface area contributed by atoms with Crippen LogP contribution in [0.2, 0.25) is 0 Å². The molecule has 1 aromatic rings. The van der Waals surface area contributed by atoms with E-state index >= 15 is 0 Å². The largest absolute Gasteiger partial charge is 0.462 e. The molecule has 14 heavy (non-hydrogen) atoms. The van der Waals surface area contributed by atoms with E-state index in [0.717, 1.165) is 0 Å². The summed E-state index contributed by atoms with van der Waals surface area (Å²) in [7, 11) is 1.72. The number of hydrogen-bond donors (Lipinski definition) is 2. The van der Waals surface area contributed by atoms with Gasteiger partial charge in [0.05, 0.1) is 23.5 Å². The zero-order valence-corrected chi connectivity index (χ0v) is 8.33. The minimum atomic E-state index is -0.357. The van der Waals surface area contributed by atoms with Crippen LogP contribution in [0, 0.1) is 0 Å². The number of benzene rings is 1. The summed E-state index contributed by atoms with van der Waals surface area (Å²) < 4.78 is 4.89. The van der Waals surface area contributed by atoms with Gasteiger partial charge in [-0.25, -0.2) is 4.79 Å². The van der Waals surface area contributed by atoms with Crippen LogP contribution in [0.4, 0.5) is 11.4 Å². The Bertz CT molecular complexity index is 337. The van der Waals surface area contributed by atoms with E-state index in [1.165, 1.54) is 0 Å². The van der Waals surface area contributed by atoms with Gasteiger partial charge in [0.2, 0.25) is 0 Å². The summed E-state index contributed by atoms with van der Waals surface area (Å²) >= 11 is 0. The number of esters is 1. The van der Waals surface area contributed by atoms with Crippen LogP contribution in [0.3, 0.4) is 0 Å². The Balaban J connectivity index is 3.07. The Kier molecular flexibility index (Phi) is 3.34. The highest BCUT2D eigenvalue weighted by atomic mass is 16.5. The quantitative estimate of drug-likeness (QED) is 0.565. The highest BCUT2D eigenvalue weighted by Crippen LogP contribution is 2.23. The third-order valence-electron chi connectivity index (χ3n) is 1.84. The highest BCUT2D eigenvalue weighted by molar-refractivity contribution is 5.98. The minimum absolute atomic E-state index is 0.357. The van der Waals surface area contributed by atoms with Crippen LogP contribution in [-0.4, -0.2) is 19.6 Å². The summed E-state index contributed by atoms with van der Waals surface area (Å²) in [6, 6.07) is 5.14. The number of hydrogen-bond acceptors (Lipinski definition) is 4. The molecule has 1 rings (SSSR count). The van der Waals surface area contributed by atoms with E-state index < -0.39 is 0 Å². The third kappa shape index (κ3) is 1.96. The topological polar surface area (TPSA) is 64.3 Å². The molecule has 0 saturated carbocycles. The van der Waals surface area contributed by atoms with Gasteiger partial charge in [0, 0.05) is 7.05 Å². The van der Waals surface area contributed by atoms with Crippen molar-refractivity contribution < 1.29 is 9.53 Å². The number of para-hydroxylation sites is 1. The number of rotatable bonds is 3. The van der Waals surface area contributed by atoms with Crippen molar-refractivity contribution in [2.75, 3.05) is 24.7 Å². The van der Waals surface area contributed by atoms with Crippen molar-refractivity contribution in [3.63, 3.8) is 0 Å². The lowest BCUT2D eigenvalue weighted by Crippen LogP contribution is -2.09. The fourth-order valence-electron chi connectivity index (χ4n) is 1.23. The van der Waals surface area contributed by atoms with E-state index in [9.17, 15) is 4.79 Å². The Labute approximate surface area is 83.1 Å². The van der Waals surface area contributed by atoms with Crippen molar-refractivity contribution in [3.8, 4) is 0 Å². The predicted octanol–water partition coefficient (Wildman–Crippen LogP) is 1.49. The van der Waals surface area contributed by atoms with Crippen molar-refractivity contribution >= 4 is 17.3 Å². The summed E-state index contributed by atoms with van der Waals surface area (Å²) in [5.74, 6) is -0.357. The Hall–Kier alpha value is -1.71. The molecule has 0 saturated heterocycles. The molecule has 0 atom stereocenters. The van der Waals surface area contributed by atoms with Gasteiger partial charge in [-0.05, 0) is 19.1 Å². The molecular formula is C10H14N2O2. The van der Waals surface area contributed by atoms with Gasteiger partial charge in [0.15, 0.2) is 0 Å². The molecule has 0 aliphatic heterocycles. The molecule has 0 bridgehead atoms. The second-order valence-electron chi connectivity index (χ2n) is 2.74. The molecule has 0 fully saturated rings. The molecule has 3 N–H and O–H groups in total. The zero-order chi connectivity index (χ0) is 10.6. The smallest absolute Gasteiger partial charge is 0.340 e. The van der Waals surface area contributed by atoms with Crippen LogP contribution in [0.15, 0.2) is 18.2 Å². The SMILES string of the molecule is CCOC(=O)c1cccc(N)c1NC. The number of nitrogen functional groups attached to an aromatic ring is 1. The van der Waals surface area contributed by atoms with Crippen molar-refractivity contribution in [3.05, 3.63) is 23.8 Å². The van der Waals surface area contributed by atoms with Crippen molar-refractivity contribution in [1.82, 2.24) is 0 Å². The van der Waals surface area contributed by atoms with E-state index in [4.69, 9.17) is 10.5 Å². The average Bonchev–Trinajstić information content (AvgIpc) is 2.17.